The maximum absolute atomic E-state index is 11.8. The third kappa shape index (κ3) is 5.85. The molecule has 0 saturated heterocycles. The lowest BCUT2D eigenvalue weighted by Crippen LogP contribution is -2.19. The number of aromatic nitrogens is 1. The average molecular weight is 307 g/mol. The van der Waals surface area contributed by atoms with Crippen molar-refractivity contribution in [3.05, 3.63) is 11.1 Å². The summed E-state index contributed by atoms with van der Waals surface area (Å²) < 4.78 is 30.9. The van der Waals surface area contributed by atoms with Gasteiger partial charge in [-0.3, -0.25) is 4.72 Å². The molecule has 0 amide bonds. The number of nitrogens with one attached hydrogen (secondary N) is 2. The summed E-state index contributed by atoms with van der Waals surface area (Å²) in [6, 6.07) is 0.119. The van der Waals surface area contributed by atoms with Gasteiger partial charge in [0, 0.05) is 25.1 Å². The summed E-state index contributed by atoms with van der Waals surface area (Å²) in [6.45, 7) is 5.29. The van der Waals surface area contributed by atoms with Gasteiger partial charge in [-0.1, -0.05) is 6.92 Å². The molecule has 0 saturated carbocycles. The number of nitrogens with zero attached hydrogens (tertiary/aromatic N) is 1. The molecule has 0 aliphatic carbocycles. The Kier molecular flexibility index (Phi) is 6.70. The van der Waals surface area contributed by atoms with Crippen LogP contribution in [-0.2, 0) is 14.8 Å². The highest BCUT2D eigenvalue weighted by molar-refractivity contribution is 7.92. The van der Waals surface area contributed by atoms with Crippen molar-refractivity contribution in [3.63, 3.8) is 0 Å². The molecule has 0 bridgehead atoms. The van der Waals surface area contributed by atoms with Crippen molar-refractivity contribution in [3.8, 4) is 0 Å². The van der Waals surface area contributed by atoms with Crippen LogP contribution in [-0.4, -0.2) is 39.4 Å². The third-order valence-electron chi connectivity index (χ3n) is 2.48. The molecule has 0 radical (unpaired) electrons. The Bertz CT molecular complexity index is 473. The average Bonchev–Trinajstić information content (AvgIpc) is 2.77. The van der Waals surface area contributed by atoms with Gasteiger partial charge in [-0.25, -0.2) is 13.4 Å². The van der Waals surface area contributed by atoms with Crippen molar-refractivity contribution in [1.29, 1.82) is 0 Å². The molecule has 8 heteroatoms. The van der Waals surface area contributed by atoms with Gasteiger partial charge in [0.15, 0.2) is 5.13 Å². The first-order valence-corrected chi connectivity index (χ1v) is 8.70. The molecule has 1 aromatic rings. The van der Waals surface area contributed by atoms with Gasteiger partial charge in [-0.2, -0.15) is 0 Å². The Morgan fingerprint density at radius 2 is 2.26 bits per heavy atom. The van der Waals surface area contributed by atoms with Crippen LogP contribution in [0.1, 0.15) is 32.0 Å². The molecule has 110 valence electrons. The van der Waals surface area contributed by atoms with E-state index in [2.05, 4.69) is 15.0 Å². The van der Waals surface area contributed by atoms with E-state index in [4.69, 9.17) is 4.74 Å². The van der Waals surface area contributed by atoms with Gasteiger partial charge in [0.25, 0.3) is 0 Å². The standard InChI is InChI=1S/C11H21N3O3S2/c1-4-12-9(2)10-8-18-11(13-10)14-19(15,16)7-5-6-17-3/h8-9,12H,4-7H2,1-3H3,(H,13,14). The van der Waals surface area contributed by atoms with Crippen LogP contribution in [0.25, 0.3) is 0 Å². The number of ether oxygens (including phenoxy) is 1. The Balaban J connectivity index is 2.57. The van der Waals surface area contributed by atoms with Crippen LogP contribution >= 0.6 is 11.3 Å². The number of methoxy groups -OCH3 is 1. The van der Waals surface area contributed by atoms with Crippen molar-refractivity contribution in [2.24, 2.45) is 0 Å². The Morgan fingerprint density at radius 3 is 2.89 bits per heavy atom. The van der Waals surface area contributed by atoms with Crippen molar-refractivity contribution in [2.45, 2.75) is 26.3 Å². The second-order valence-corrected chi connectivity index (χ2v) is 6.82. The predicted octanol–water partition coefficient (Wildman–Crippen LogP) is 1.59. The molecule has 1 atom stereocenters. The van der Waals surface area contributed by atoms with E-state index in [0.29, 0.717) is 18.2 Å². The number of sulfonamides is 1. The smallest absolute Gasteiger partial charge is 0.234 e. The van der Waals surface area contributed by atoms with Gasteiger partial charge in [0.2, 0.25) is 10.0 Å². The van der Waals surface area contributed by atoms with Crippen LogP contribution in [0.4, 0.5) is 5.13 Å². The predicted molar refractivity (Wildman–Crippen MR) is 78.1 cm³/mol. The van der Waals surface area contributed by atoms with Crippen molar-refractivity contribution < 1.29 is 13.2 Å². The maximum atomic E-state index is 11.8. The fraction of sp³-hybridized carbons (Fsp3) is 0.727. The Labute approximate surface area is 118 Å². The third-order valence-corrected chi connectivity index (χ3v) is 4.72. The zero-order valence-electron chi connectivity index (χ0n) is 11.5. The highest BCUT2D eigenvalue weighted by Crippen LogP contribution is 2.21. The topological polar surface area (TPSA) is 80.3 Å². The number of anilines is 1. The van der Waals surface area contributed by atoms with Crippen molar-refractivity contribution in [2.75, 3.05) is 30.7 Å². The fourth-order valence-electron chi connectivity index (χ4n) is 1.52. The van der Waals surface area contributed by atoms with E-state index in [0.717, 1.165) is 12.2 Å². The molecule has 0 aromatic carbocycles. The first kappa shape index (κ1) is 16.4. The van der Waals surface area contributed by atoms with Gasteiger partial charge >= 0.3 is 0 Å². The minimum atomic E-state index is -3.33. The largest absolute Gasteiger partial charge is 0.385 e. The highest BCUT2D eigenvalue weighted by atomic mass is 32.2. The zero-order chi connectivity index (χ0) is 14.3. The van der Waals surface area contributed by atoms with E-state index >= 15 is 0 Å². The van der Waals surface area contributed by atoms with E-state index in [1.165, 1.54) is 11.3 Å². The monoisotopic (exact) mass is 307 g/mol. The van der Waals surface area contributed by atoms with E-state index < -0.39 is 10.0 Å². The van der Waals surface area contributed by atoms with Crippen LogP contribution < -0.4 is 10.0 Å². The fourth-order valence-corrected chi connectivity index (χ4v) is 3.65. The zero-order valence-corrected chi connectivity index (χ0v) is 13.1. The summed E-state index contributed by atoms with van der Waals surface area (Å²) >= 11 is 1.30. The van der Waals surface area contributed by atoms with Crippen LogP contribution in [0.2, 0.25) is 0 Å². The number of thiazole rings is 1. The lowest BCUT2D eigenvalue weighted by atomic mass is 10.3. The van der Waals surface area contributed by atoms with Gasteiger partial charge in [0.1, 0.15) is 0 Å². The second-order valence-electron chi connectivity index (χ2n) is 4.12. The van der Waals surface area contributed by atoms with Crippen molar-refractivity contribution >= 4 is 26.5 Å². The first-order valence-electron chi connectivity index (χ1n) is 6.16. The first-order chi connectivity index (χ1) is 8.98. The number of hydrogen-bond acceptors (Lipinski definition) is 6. The van der Waals surface area contributed by atoms with Crippen molar-refractivity contribution in [1.82, 2.24) is 10.3 Å². The summed E-state index contributed by atoms with van der Waals surface area (Å²) in [5.41, 5.74) is 0.849. The summed E-state index contributed by atoms with van der Waals surface area (Å²) in [5, 5.41) is 5.51. The maximum Gasteiger partial charge on any atom is 0.234 e. The summed E-state index contributed by atoms with van der Waals surface area (Å²) in [6.07, 6.45) is 0.470. The molecule has 0 fully saturated rings. The molecular formula is C11H21N3O3S2. The second kappa shape index (κ2) is 7.78. The lowest BCUT2D eigenvalue weighted by Gasteiger charge is -2.08. The quantitative estimate of drug-likeness (QED) is 0.677. The van der Waals surface area contributed by atoms with Crippen LogP contribution in [0, 0.1) is 0 Å². The number of rotatable bonds is 9. The van der Waals surface area contributed by atoms with Crippen LogP contribution in [0.5, 0.6) is 0 Å². The minimum Gasteiger partial charge on any atom is -0.385 e. The highest BCUT2D eigenvalue weighted by Gasteiger charge is 2.14. The molecule has 0 spiro atoms. The molecular weight excluding hydrogens is 286 g/mol. The molecule has 1 heterocycles. The van der Waals surface area contributed by atoms with Gasteiger partial charge in [-0.15, -0.1) is 11.3 Å². The van der Waals surface area contributed by atoms with E-state index in [1.807, 2.05) is 19.2 Å². The Morgan fingerprint density at radius 1 is 1.53 bits per heavy atom. The number of hydrogen-bond donors (Lipinski definition) is 2. The van der Waals surface area contributed by atoms with E-state index in [-0.39, 0.29) is 11.8 Å². The summed E-state index contributed by atoms with van der Waals surface area (Å²) in [7, 11) is -1.78. The van der Waals surface area contributed by atoms with Gasteiger partial charge < -0.3 is 10.1 Å². The van der Waals surface area contributed by atoms with Crippen LogP contribution in [0.3, 0.4) is 0 Å². The van der Waals surface area contributed by atoms with E-state index in [1.54, 1.807) is 7.11 Å². The molecule has 6 nitrogen and oxygen atoms in total. The molecule has 1 aromatic heterocycles. The molecule has 2 N–H and O–H groups in total. The lowest BCUT2D eigenvalue weighted by molar-refractivity contribution is 0.199. The summed E-state index contributed by atoms with van der Waals surface area (Å²) in [5.74, 6) is 0.0402. The van der Waals surface area contributed by atoms with E-state index in [9.17, 15) is 8.42 Å². The molecule has 0 aliphatic rings. The summed E-state index contributed by atoms with van der Waals surface area (Å²) in [4.78, 5) is 4.28. The molecule has 1 unspecified atom stereocenters. The molecule has 19 heavy (non-hydrogen) atoms. The normalized spacial score (nSPS) is 13.4. The molecule has 0 aliphatic heterocycles. The minimum absolute atomic E-state index is 0.0402. The molecule has 1 rings (SSSR count). The van der Waals surface area contributed by atoms with Gasteiger partial charge in [0.05, 0.1) is 11.4 Å². The van der Waals surface area contributed by atoms with Gasteiger partial charge in [-0.05, 0) is 19.9 Å². The van der Waals surface area contributed by atoms with Crippen LogP contribution in [0.15, 0.2) is 5.38 Å². The SMILES string of the molecule is CCNC(C)c1csc(NS(=O)(=O)CCCOC)n1. The Hall–Kier alpha value is -0.700.